The number of piperidine rings is 1. The fourth-order valence-corrected chi connectivity index (χ4v) is 2.63. The number of aromatic hydroxyl groups is 1. The van der Waals surface area contributed by atoms with E-state index in [9.17, 15) is 15.0 Å². The van der Waals surface area contributed by atoms with Gasteiger partial charge in [-0.2, -0.15) is 0 Å². The molecule has 21 heavy (non-hydrogen) atoms. The molecule has 112 valence electrons. The predicted molar refractivity (Wildman–Crippen MR) is 79.5 cm³/mol. The van der Waals surface area contributed by atoms with Gasteiger partial charge in [0.25, 0.3) is 0 Å². The minimum absolute atomic E-state index is 0.180. The second-order valence-electron chi connectivity index (χ2n) is 5.34. The fourth-order valence-electron chi connectivity index (χ4n) is 2.63. The lowest BCUT2D eigenvalue weighted by Gasteiger charge is -2.30. The van der Waals surface area contributed by atoms with Gasteiger partial charge in [-0.05, 0) is 30.5 Å². The standard InChI is InChI=1S/C15H18N2O4/c16-8-9-1-2-12-11(7-9)13(19)14(20)15(21-12)17-5-3-10(18)4-6-17/h1-2,7,10,18,20H,3-6,8,16H2. The van der Waals surface area contributed by atoms with E-state index in [0.717, 1.165) is 5.56 Å². The van der Waals surface area contributed by atoms with E-state index in [2.05, 4.69) is 0 Å². The van der Waals surface area contributed by atoms with Crippen LogP contribution in [0.25, 0.3) is 11.0 Å². The molecule has 0 saturated carbocycles. The molecule has 4 N–H and O–H groups in total. The van der Waals surface area contributed by atoms with Gasteiger partial charge in [0.15, 0.2) is 0 Å². The quantitative estimate of drug-likeness (QED) is 0.760. The highest BCUT2D eigenvalue weighted by Gasteiger charge is 2.24. The van der Waals surface area contributed by atoms with Crippen molar-refractivity contribution in [3.8, 4) is 5.75 Å². The van der Waals surface area contributed by atoms with Crippen LogP contribution < -0.4 is 16.1 Å². The zero-order valence-corrected chi connectivity index (χ0v) is 11.6. The Morgan fingerprint density at radius 3 is 2.71 bits per heavy atom. The minimum Gasteiger partial charge on any atom is -0.500 e. The Morgan fingerprint density at radius 2 is 2.05 bits per heavy atom. The maximum absolute atomic E-state index is 12.3. The van der Waals surface area contributed by atoms with E-state index in [0.29, 0.717) is 43.4 Å². The van der Waals surface area contributed by atoms with E-state index in [1.807, 2.05) is 0 Å². The van der Waals surface area contributed by atoms with E-state index in [4.69, 9.17) is 10.2 Å². The van der Waals surface area contributed by atoms with Gasteiger partial charge < -0.3 is 25.3 Å². The molecule has 0 bridgehead atoms. The van der Waals surface area contributed by atoms with Crippen molar-refractivity contribution in [2.75, 3.05) is 18.0 Å². The van der Waals surface area contributed by atoms with Crippen molar-refractivity contribution >= 4 is 16.9 Å². The fraction of sp³-hybridized carbons (Fsp3) is 0.400. The lowest BCUT2D eigenvalue weighted by Crippen LogP contribution is -2.36. The summed E-state index contributed by atoms with van der Waals surface area (Å²) in [5.41, 5.74) is 6.35. The van der Waals surface area contributed by atoms with Gasteiger partial charge in [-0.25, -0.2) is 0 Å². The SMILES string of the molecule is NCc1ccc2oc(N3CCC(O)CC3)c(O)c(=O)c2c1. The van der Waals surface area contributed by atoms with E-state index in [-0.39, 0.29) is 17.7 Å². The molecule has 2 aromatic rings. The van der Waals surface area contributed by atoms with Crippen LogP contribution in [-0.2, 0) is 6.54 Å². The minimum atomic E-state index is -0.451. The second-order valence-corrected chi connectivity index (χ2v) is 5.34. The van der Waals surface area contributed by atoms with Crippen molar-refractivity contribution in [3.63, 3.8) is 0 Å². The van der Waals surface area contributed by atoms with Gasteiger partial charge in [-0.15, -0.1) is 0 Å². The Labute approximate surface area is 121 Å². The lowest BCUT2D eigenvalue weighted by atomic mass is 10.1. The Morgan fingerprint density at radius 1 is 1.33 bits per heavy atom. The second kappa shape index (κ2) is 5.38. The number of aliphatic hydroxyl groups excluding tert-OH is 1. The molecule has 1 aliphatic rings. The lowest BCUT2D eigenvalue weighted by molar-refractivity contribution is 0.144. The van der Waals surface area contributed by atoms with E-state index in [1.54, 1.807) is 23.1 Å². The molecule has 6 heteroatoms. The van der Waals surface area contributed by atoms with Gasteiger partial charge in [-0.3, -0.25) is 4.79 Å². The number of anilines is 1. The van der Waals surface area contributed by atoms with Gasteiger partial charge in [0, 0.05) is 19.6 Å². The molecule has 2 heterocycles. The third kappa shape index (κ3) is 2.48. The van der Waals surface area contributed by atoms with Gasteiger partial charge in [0.1, 0.15) is 5.58 Å². The number of benzene rings is 1. The van der Waals surface area contributed by atoms with E-state index in [1.165, 1.54) is 0 Å². The predicted octanol–water partition coefficient (Wildman–Crippen LogP) is 0.918. The Bertz CT molecular complexity index is 717. The van der Waals surface area contributed by atoms with Crippen LogP contribution in [0.15, 0.2) is 27.4 Å². The van der Waals surface area contributed by atoms with Gasteiger partial charge >= 0.3 is 0 Å². The number of nitrogens with zero attached hydrogens (tertiary/aromatic N) is 1. The molecular weight excluding hydrogens is 272 g/mol. The number of aliphatic hydroxyl groups is 1. The molecule has 0 atom stereocenters. The molecule has 1 fully saturated rings. The first-order valence-electron chi connectivity index (χ1n) is 7.02. The number of hydrogen-bond donors (Lipinski definition) is 3. The number of rotatable bonds is 2. The highest BCUT2D eigenvalue weighted by Crippen LogP contribution is 2.30. The summed E-state index contributed by atoms with van der Waals surface area (Å²) >= 11 is 0. The van der Waals surface area contributed by atoms with Gasteiger partial charge in [-0.1, -0.05) is 6.07 Å². The van der Waals surface area contributed by atoms with Crippen LogP contribution in [0.3, 0.4) is 0 Å². The normalized spacial score (nSPS) is 16.6. The molecule has 0 aliphatic carbocycles. The van der Waals surface area contributed by atoms with Crippen LogP contribution in [0, 0.1) is 0 Å². The van der Waals surface area contributed by atoms with Crippen molar-refractivity contribution in [2.45, 2.75) is 25.5 Å². The molecule has 0 unspecified atom stereocenters. The average molecular weight is 290 g/mol. The van der Waals surface area contributed by atoms with Crippen molar-refractivity contribution in [2.24, 2.45) is 5.73 Å². The molecule has 0 radical (unpaired) electrons. The molecular formula is C15H18N2O4. The molecule has 3 rings (SSSR count). The summed E-state index contributed by atoms with van der Waals surface area (Å²) in [6.07, 6.45) is 0.850. The van der Waals surface area contributed by atoms with Crippen LogP contribution in [0.5, 0.6) is 5.75 Å². The third-order valence-electron chi connectivity index (χ3n) is 3.90. The number of hydrogen-bond acceptors (Lipinski definition) is 6. The van der Waals surface area contributed by atoms with Crippen molar-refractivity contribution in [1.82, 2.24) is 0 Å². The van der Waals surface area contributed by atoms with Crippen LogP contribution in [-0.4, -0.2) is 29.4 Å². The molecule has 1 aliphatic heterocycles. The first-order valence-corrected chi connectivity index (χ1v) is 7.02. The van der Waals surface area contributed by atoms with Crippen LogP contribution in [0.1, 0.15) is 18.4 Å². The van der Waals surface area contributed by atoms with Crippen molar-refractivity contribution < 1.29 is 14.6 Å². The molecule has 1 aromatic carbocycles. The summed E-state index contributed by atoms with van der Waals surface area (Å²) in [6.45, 7) is 1.41. The first kappa shape index (κ1) is 13.9. The van der Waals surface area contributed by atoms with Crippen LogP contribution in [0.2, 0.25) is 0 Å². The van der Waals surface area contributed by atoms with Crippen LogP contribution >= 0.6 is 0 Å². The summed E-state index contributed by atoms with van der Waals surface area (Å²) in [7, 11) is 0. The summed E-state index contributed by atoms with van der Waals surface area (Å²) in [4.78, 5) is 14.1. The Hall–Kier alpha value is -2.05. The zero-order chi connectivity index (χ0) is 15.0. The summed E-state index contributed by atoms with van der Waals surface area (Å²) < 4.78 is 5.70. The van der Waals surface area contributed by atoms with Crippen molar-refractivity contribution in [1.29, 1.82) is 0 Å². The van der Waals surface area contributed by atoms with Gasteiger partial charge in [0.2, 0.25) is 17.1 Å². The average Bonchev–Trinajstić information content (AvgIpc) is 2.51. The highest BCUT2D eigenvalue weighted by atomic mass is 16.4. The summed E-state index contributed by atoms with van der Waals surface area (Å²) in [5.74, 6) is -0.201. The highest BCUT2D eigenvalue weighted by molar-refractivity contribution is 5.81. The molecule has 1 saturated heterocycles. The smallest absolute Gasteiger partial charge is 0.242 e. The monoisotopic (exact) mass is 290 g/mol. The van der Waals surface area contributed by atoms with Crippen LogP contribution in [0.4, 0.5) is 5.88 Å². The molecule has 6 nitrogen and oxygen atoms in total. The van der Waals surface area contributed by atoms with E-state index < -0.39 is 5.43 Å². The maximum Gasteiger partial charge on any atom is 0.242 e. The Kier molecular flexibility index (Phi) is 3.57. The number of nitrogens with two attached hydrogens (primary N) is 1. The largest absolute Gasteiger partial charge is 0.500 e. The molecule has 0 spiro atoms. The molecule has 0 amide bonds. The van der Waals surface area contributed by atoms with Gasteiger partial charge in [0.05, 0.1) is 11.5 Å². The number of fused-ring (bicyclic) bond motifs is 1. The maximum atomic E-state index is 12.3. The zero-order valence-electron chi connectivity index (χ0n) is 11.6. The molecule has 1 aromatic heterocycles. The summed E-state index contributed by atoms with van der Waals surface area (Å²) in [5, 5.41) is 20.0. The first-order chi connectivity index (χ1) is 10.1. The third-order valence-corrected chi connectivity index (χ3v) is 3.90. The Balaban J connectivity index is 2.08. The summed E-state index contributed by atoms with van der Waals surface area (Å²) in [6, 6.07) is 5.14. The topological polar surface area (TPSA) is 99.9 Å². The van der Waals surface area contributed by atoms with E-state index >= 15 is 0 Å². The van der Waals surface area contributed by atoms with Crippen molar-refractivity contribution in [3.05, 3.63) is 34.0 Å².